The standard InChI is InChI=1S/C15H21BrN2O3/c1-12(19)18(8-4-10-21-2)9-7-17-15(20)13-5-3-6-14(16)11-13/h3,5-6,11H,4,7-10H2,1-2H3,(H,17,20). The summed E-state index contributed by atoms with van der Waals surface area (Å²) in [7, 11) is 1.64. The van der Waals surface area contributed by atoms with Crippen molar-refractivity contribution in [2.45, 2.75) is 13.3 Å². The fourth-order valence-corrected chi connectivity index (χ4v) is 2.26. The van der Waals surface area contributed by atoms with Crippen LogP contribution in [0.15, 0.2) is 28.7 Å². The zero-order valence-corrected chi connectivity index (χ0v) is 14.0. The summed E-state index contributed by atoms with van der Waals surface area (Å²) in [5, 5.41) is 2.82. The number of halogens is 1. The van der Waals surface area contributed by atoms with Crippen LogP contribution in [0.4, 0.5) is 0 Å². The van der Waals surface area contributed by atoms with Crippen LogP contribution < -0.4 is 5.32 Å². The minimum absolute atomic E-state index is 0.00260. The van der Waals surface area contributed by atoms with Gasteiger partial charge in [-0.1, -0.05) is 22.0 Å². The van der Waals surface area contributed by atoms with Gasteiger partial charge in [0, 0.05) is 50.3 Å². The van der Waals surface area contributed by atoms with Gasteiger partial charge >= 0.3 is 0 Å². The first-order valence-electron chi connectivity index (χ1n) is 6.83. The summed E-state index contributed by atoms with van der Waals surface area (Å²) < 4.78 is 5.83. The predicted molar refractivity (Wildman–Crippen MR) is 85.2 cm³/mol. The average Bonchev–Trinajstić information content (AvgIpc) is 2.45. The largest absolute Gasteiger partial charge is 0.385 e. The first kappa shape index (κ1) is 17.7. The van der Waals surface area contributed by atoms with Crippen molar-refractivity contribution in [2.75, 3.05) is 33.4 Å². The Morgan fingerprint density at radius 1 is 1.33 bits per heavy atom. The first-order valence-corrected chi connectivity index (χ1v) is 7.62. The van der Waals surface area contributed by atoms with E-state index in [1.165, 1.54) is 6.92 Å². The molecule has 116 valence electrons. The molecule has 1 aromatic rings. The molecule has 0 spiro atoms. The van der Waals surface area contributed by atoms with Crippen molar-refractivity contribution in [1.29, 1.82) is 0 Å². The van der Waals surface area contributed by atoms with Gasteiger partial charge in [-0.15, -0.1) is 0 Å². The second-order valence-electron chi connectivity index (χ2n) is 4.62. The Morgan fingerprint density at radius 2 is 2.10 bits per heavy atom. The van der Waals surface area contributed by atoms with Gasteiger partial charge in [-0.05, 0) is 24.6 Å². The number of benzene rings is 1. The van der Waals surface area contributed by atoms with Crippen LogP contribution in [0.25, 0.3) is 0 Å². The molecule has 0 unspecified atom stereocenters. The molecule has 5 nitrogen and oxygen atoms in total. The third kappa shape index (κ3) is 6.73. The molecule has 0 saturated heterocycles. The Kier molecular flexibility index (Phi) is 8.00. The molecule has 0 atom stereocenters. The van der Waals surface area contributed by atoms with Crippen molar-refractivity contribution in [3.8, 4) is 0 Å². The number of carbonyl (C=O) groups is 2. The zero-order chi connectivity index (χ0) is 15.7. The minimum atomic E-state index is -0.142. The minimum Gasteiger partial charge on any atom is -0.385 e. The maximum absolute atomic E-state index is 12.0. The lowest BCUT2D eigenvalue weighted by Crippen LogP contribution is -2.38. The van der Waals surface area contributed by atoms with Gasteiger partial charge in [-0.2, -0.15) is 0 Å². The van der Waals surface area contributed by atoms with Gasteiger partial charge in [-0.3, -0.25) is 9.59 Å². The van der Waals surface area contributed by atoms with E-state index in [-0.39, 0.29) is 11.8 Å². The molecule has 1 N–H and O–H groups in total. The third-order valence-electron chi connectivity index (χ3n) is 2.98. The summed E-state index contributed by atoms with van der Waals surface area (Å²) in [5.74, 6) is -0.139. The lowest BCUT2D eigenvalue weighted by Gasteiger charge is -2.21. The SMILES string of the molecule is COCCCN(CCNC(=O)c1cccc(Br)c1)C(C)=O. The van der Waals surface area contributed by atoms with Crippen molar-refractivity contribution in [3.63, 3.8) is 0 Å². The lowest BCUT2D eigenvalue weighted by atomic mass is 10.2. The normalized spacial score (nSPS) is 10.2. The van der Waals surface area contributed by atoms with Crippen LogP contribution in [0.1, 0.15) is 23.7 Å². The van der Waals surface area contributed by atoms with E-state index in [2.05, 4.69) is 21.2 Å². The Hall–Kier alpha value is -1.40. The number of nitrogens with zero attached hydrogens (tertiary/aromatic N) is 1. The fraction of sp³-hybridized carbons (Fsp3) is 0.467. The van der Waals surface area contributed by atoms with E-state index in [1.54, 1.807) is 24.1 Å². The molecule has 0 aromatic heterocycles. The predicted octanol–water partition coefficient (Wildman–Crippen LogP) is 2.06. The summed E-state index contributed by atoms with van der Waals surface area (Å²) >= 11 is 3.33. The van der Waals surface area contributed by atoms with Crippen LogP contribution in [-0.2, 0) is 9.53 Å². The van der Waals surface area contributed by atoms with E-state index in [4.69, 9.17) is 4.74 Å². The smallest absolute Gasteiger partial charge is 0.251 e. The molecule has 0 saturated carbocycles. The molecular formula is C15H21BrN2O3. The van der Waals surface area contributed by atoms with Gasteiger partial charge in [-0.25, -0.2) is 0 Å². The highest BCUT2D eigenvalue weighted by atomic mass is 79.9. The van der Waals surface area contributed by atoms with Gasteiger partial charge in [0.2, 0.25) is 5.91 Å². The molecule has 0 aliphatic carbocycles. The molecular weight excluding hydrogens is 336 g/mol. The molecule has 0 fully saturated rings. The van der Waals surface area contributed by atoms with E-state index in [0.29, 0.717) is 31.8 Å². The van der Waals surface area contributed by atoms with Crippen LogP contribution in [0.3, 0.4) is 0 Å². The topological polar surface area (TPSA) is 58.6 Å². The molecule has 6 heteroatoms. The van der Waals surface area contributed by atoms with Gasteiger partial charge < -0.3 is 15.0 Å². The summed E-state index contributed by atoms with van der Waals surface area (Å²) in [5.41, 5.74) is 0.595. The van der Waals surface area contributed by atoms with Crippen LogP contribution >= 0.6 is 15.9 Å². The van der Waals surface area contributed by atoms with Gasteiger partial charge in [0.25, 0.3) is 5.91 Å². The molecule has 0 aliphatic heterocycles. The number of hydrogen-bond acceptors (Lipinski definition) is 3. The Balaban J connectivity index is 2.39. The van der Waals surface area contributed by atoms with Crippen LogP contribution in [0.2, 0.25) is 0 Å². The third-order valence-corrected chi connectivity index (χ3v) is 3.47. The summed E-state index contributed by atoms with van der Waals surface area (Å²) in [6.07, 6.45) is 0.787. The van der Waals surface area contributed by atoms with Gasteiger partial charge in [0.1, 0.15) is 0 Å². The second-order valence-corrected chi connectivity index (χ2v) is 5.53. The number of amides is 2. The highest BCUT2D eigenvalue weighted by Crippen LogP contribution is 2.11. The number of rotatable bonds is 8. The van der Waals surface area contributed by atoms with Crippen molar-refractivity contribution in [1.82, 2.24) is 10.2 Å². The maximum atomic E-state index is 12.0. The van der Waals surface area contributed by atoms with E-state index < -0.39 is 0 Å². The highest BCUT2D eigenvalue weighted by molar-refractivity contribution is 9.10. The Bertz CT molecular complexity index is 480. The first-order chi connectivity index (χ1) is 10.0. The van der Waals surface area contributed by atoms with E-state index >= 15 is 0 Å². The second kappa shape index (κ2) is 9.52. The monoisotopic (exact) mass is 356 g/mol. The molecule has 0 radical (unpaired) electrons. The molecule has 0 bridgehead atoms. The van der Waals surface area contributed by atoms with Crippen LogP contribution in [0.5, 0.6) is 0 Å². The Labute approximate surface area is 133 Å². The average molecular weight is 357 g/mol. The quantitative estimate of drug-likeness (QED) is 0.725. The zero-order valence-electron chi connectivity index (χ0n) is 12.4. The molecule has 2 amide bonds. The molecule has 1 rings (SSSR count). The van der Waals surface area contributed by atoms with Crippen LogP contribution in [0, 0.1) is 0 Å². The number of hydrogen-bond donors (Lipinski definition) is 1. The molecule has 1 aromatic carbocycles. The number of carbonyl (C=O) groups excluding carboxylic acids is 2. The van der Waals surface area contributed by atoms with Crippen molar-refractivity contribution in [2.24, 2.45) is 0 Å². The van der Waals surface area contributed by atoms with E-state index in [0.717, 1.165) is 10.9 Å². The van der Waals surface area contributed by atoms with Crippen molar-refractivity contribution >= 4 is 27.7 Å². The molecule has 21 heavy (non-hydrogen) atoms. The number of methoxy groups -OCH3 is 1. The van der Waals surface area contributed by atoms with E-state index in [9.17, 15) is 9.59 Å². The highest BCUT2D eigenvalue weighted by Gasteiger charge is 2.10. The summed E-state index contributed by atoms with van der Waals surface area (Å²) in [4.78, 5) is 25.2. The lowest BCUT2D eigenvalue weighted by molar-refractivity contribution is -0.129. The molecule has 0 aliphatic rings. The van der Waals surface area contributed by atoms with Crippen molar-refractivity contribution in [3.05, 3.63) is 34.3 Å². The summed E-state index contributed by atoms with van der Waals surface area (Å²) in [6.45, 7) is 3.71. The van der Waals surface area contributed by atoms with Crippen LogP contribution in [-0.4, -0.2) is 50.1 Å². The molecule has 0 heterocycles. The van der Waals surface area contributed by atoms with Crippen molar-refractivity contribution < 1.29 is 14.3 Å². The van der Waals surface area contributed by atoms with Gasteiger partial charge in [0.15, 0.2) is 0 Å². The number of ether oxygens (including phenoxy) is 1. The van der Waals surface area contributed by atoms with Gasteiger partial charge in [0.05, 0.1) is 0 Å². The summed E-state index contributed by atoms with van der Waals surface area (Å²) in [6, 6.07) is 7.19. The number of nitrogens with one attached hydrogen (secondary N) is 1. The van der Waals surface area contributed by atoms with E-state index in [1.807, 2.05) is 12.1 Å². The fourth-order valence-electron chi connectivity index (χ4n) is 1.86. The maximum Gasteiger partial charge on any atom is 0.251 e. The Morgan fingerprint density at radius 3 is 2.71 bits per heavy atom.